The molecule has 0 aliphatic rings. The smallest absolute Gasteiger partial charge is 0.328 e. The van der Waals surface area contributed by atoms with Gasteiger partial charge in [0, 0.05) is 25.1 Å². The maximum Gasteiger partial charge on any atom is 0.328 e. The van der Waals surface area contributed by atoms with Crippen LogP contribution in [0, 0.1) is 5.41 Å². The third-order valence-electron chi connectivity index (χ3n) is 9.54. The highest BCUT2D eigenvalue weighted by Gasteiger charge is 2.33. The predicted octanol–water partition coefficient (Wildman–Crippen LogP) is -2.05. The highest BCUT2D eigenvalue weighted by Crippen LogP contribution is 2.13. The van der Waals surface area contributed by atoms with Crippen LogP contribution in [-0.2, 0) is 52.8 Å². The molecule has 3 rings (SSSR count). The lowest BCUT2D eigenvalue weighted by Gasteiger charge is -2.27. The number of aromatic hydroxyl groups is 1. The van der Waals surface area contributed by atoms with Gasteiger partial charge >= 0.3 is 5.97 Å². The zero-order valence-electron chi connectivity index (χ0n) is 34.6. The number of nitrogens with two attached hydrogens (primary N) is 2. The lowest BCUT2D eigenvalue weighted by molar-refractivity contribution is -0.143. The average Bonchev–Trinajstić information content (AvgIpc) is 3.25. The SMILES string of the molecule is C[C@H](NC(=O)[C@H](Cc1ccccc1)NC(=O)[C@H](CCCNC(=N)N)NC(=O)[C@H](CS)NC(=O)[C@@H](N)Cc1ccccc1)C(=O)N[C@@H](Cc1ccc(O)cc1)C(=O)N[C@@H](CO)C(=O)O. The molecule has 0 fully saturated rings. The third kappa shape index (κ3) is 17.7. The molecular formula is C42H56N10O10S. The Morgan fingerprint density at radius 2 is 1.06 bits per heavy atom. The largest absolute Gasteiger partial charge is 0.508 e. The number of aliphatic hydroxyl groups is 1. The fraction of sp³-hybridized carbons (Fsp3) is 0.381. The summed E-state index contributed by atoms with van der Waals surface area (Å²) in [7, 11) is 0. The quantitative estimate of drug-likeness (QED) is 0.0189. The topological polar surface area (TPSA) is 340 Å². The lowest BCUT2D eigenvalue weighted by Crippen LogP contribution is -2.60. The second kappa shape index (κ2) is 25.9. The number of nitrogens with one attached hydrogen (secondary N) is 8. The number of carbonyl (C=O) groups is 7. The molecule has 0 saturated heterocycles. The van der Waals surface area contributed by atoms with Crippen molar-refractivity contribution < 1.29 is 48.9 Å². The van der Waals surface area contributed by atoms with Gasteiger partial charge in [0.15, 0.2) is 5.96 Å². The first-order valence-corrected chi connectivity index (χ1v) is 20.6. The van der Waals surface area contributed by atoms with Gasteiger partial charge in [-0.3, -0.25) is 34.2 Å². The van der Waals surface area contributed by atoms with E-state index in [0.29, 0.717) is 11.1 Å². The van der Waals surface area contributed by atoms with Crippen LogP contribution in [0.4, 0.5) is 0 Å². The number of phenols is 1. The van der Waals surface area contributed by atoms with E-state index < -0.39 is 90.3 Å². The van der Waals surface area contributed by atoms with E-state index in [0.717, 1.165) is 5.56 Å². The molecule has 0 spiro atoms. The molecule has 7 atom stereocenters. The summed E-state index contributed by atoms with van der Waals surface area (Å²) in [5, 5.41) is 53.7. The van der Waals surface area contributed by atoms with Crippen molar-refractivity contribution >= 4 is 60.0 Å². The van der Waals surface area contributed by atoms with Crippen molar-refractivity contribution in [1.29, 1.82) is 5.41 Å². The number of hydrogen-bond acceptors (Lipinski definition) is 12. The highest BCUT2D eigenvalue weighted by atomic mass is 32.1. The molecule has 0 radical (unpaired) electrons. The number of aliphatic carboxylic acids is 1. The van der Waals surface area contributed by atoms with Crippen LogP contribution in [0.5, 0.6) is 5.75 Å². The number of phenolic OH excluding ortho intramolecular Hbond substituents is 1. The van der Waals surface area contributed by atoms with E-state index >= 15 is 0 Å². The van der Waals surface area contributed by atoms with Crippen molar-refractivity contribution in [1.82, 2.24) is 37.2 Å². The molecule has 3 aromatic carbocycles. The first kappa shape index (κ1) is 50.6. The molecule has 20 nitrogen and oxygen atoms in total. The number of carboxylic acids is 1. The van der Waals surface area contributed by atoms with Crippen molar-refractivity contribution in [2.75, 3.05) is 18.9 Å². The number of carbonyl (C=O) groups excluding carboxylic acids is 6. The molecule has 0 aliphatic carbocycles. The van der Waals surface area contributed by atoms with Crippen LogP contribution in [0.2, 0.25) is 0 Å². The van der Waals surface area contributed by atoms with E-state index in [-0.39, 0.29) is 56.1 Å². The Morgan fingerprint density at radius 3 is 1.59 bits per heavy atom. The monoisotopic (exact) mass is 892 g/mol. The number of guanidine groups is 1. The summed E-state index contributed by atoms with van der Waals surface area (Å²) in [5.41, 5.74) is 13.4. The summed E-state index contributed by atoms with van der Waals surface area (Å²) in [6.45, 7) is 0.540. The second-order valence-corrected chi connectivity index (χ2v) is 14.9. The number of aliphatic hydroxyl groups excluding tert-OH is 1. The van der Waals surface area contributed by atoms with Gasteiger partial charge in [0.2, 0.25) is 35.4 Å². The van der Waals surface area contributed by atoms with E-state index in [9.17, 15) is 48.9 Å². The van der Waals surface area contributed by atoms with E-state index in [1.807, 2.05) is 6.07 Å². The van der Waals surface area contributed by atoms with Crippen molar-refractivity contribution in [3.8, 4) is 5.75 Å². The zero-order valence-corrected chi connectivity index (χ0v) is 35.5. The molecule has 15 N–H and O–H groups in total. The van der Waals surface area contributed by atoms with Gasteiger partial charge in [-0.25, -0.2) is 4.79 Å². The molecule has 21 heteroatoms. The minimum Gasteiger partial charge on any atom is -0.508 e. The number of thiol groups is 1. The predicted molar refractivity (Wildman–Crippen MR) is 235 cm³/mol. The van der Waals surface area contributed by atoms with Crippen LogP contribution >= 0.6 is 12.6 Å². The van der Waals surface area contributed by atoms with Gasteiger partial charge in [-0.2, -0.15) is 12.6 Å². The molecule has 3 aromatic rings. The second-order valence-electron chi connectivity index (χ2n) is 14.6. The van der Waals surface area contributed by atoms with Crippen LogP contribution in [0.3, 0.4) is 0 Å². The number of carboxylic acid groups (broad SMARTS) is 1. The van der Waals surface area contributed by atoms with Crippen molar-refractivity contribution in [3.63, 3.8) is 0 Å². The van der Waals surface area contributed by atoms with E-state index in [1.165, 1.54) is 31.2 Å². The van der Waals surface area contributed by atoms with Gasteiger partial charge in [0.05, 0.1) is 12.6 Å². The van der Waals surface area contributed by atoms with Gasteiger partial charge in [-0.05, 0) is 55.0 Å². The molecular weight excluding hydrogens is 837 g/mol. The number of amides is 6. The van der Waals surface area contributed by atoms with Crippen molar-refractivity contribution in [3.05, 3.63) is 102 Å². The van der Waals surface area contributed by atoms with E-state index in [4.69, 9.17) is 16.9 Å². The molecule has 0 heterocycles. The molecule has 0 saturated carbocycles. The van der Waals surface area contributed by atoms with E-state index in [1.54, 1.807) is 54.6 Å². The number of rotatable bonds is 25. The van der Waals surface area contributed by atoms with Crippen LogP contribution in [0.25, 0.3) is 0 Å². The summed E-state index contributed by atoms with van der Waals surface area (Å²) < 4.78 is 0. The summed E-state index contributed by atoms with van der Waals surface area (Å²) in [6.07, 6.45) is 0.157. The lowest BCUT2D eigenvalue weighted by atomic mass is 10.0. The summed E-state index contributed by atoms with van der Waals surface area (Å²) in [6, 6.07) is 14.0. The van der Waals surface area contributed by atoms with Crippen molar-refractivity contribution in [2.45, 2.75) is 81.3 Å². The Hall–Kier alpha value is -6.71. The Labute approximate surface area is 369 Å². The number of benzene rings is 3. The molecule has 0 bridgehead atoms. The molecule has 340 valence electrons. The van der Waals surface area contributed by atoms with Crippen LogP contribution in [-0.4, -0.2) is 124 Å². The third-order valence-corrected chi connectivity index (χ3v) is 9.91. The minimum atomic E-state index is -1.68. The van der Waals surface area contributed by atoms with Gasteiger partial charge in [-0.15, -0.1) is 0 Å². The normalized spacial score (nSPS) is 14.2. The molecule has 0 aliphatic heterocycles. The number of hydrogen-bond donors (Lipinski definition) is 14. The standard InChI is InChI=1S/C42H56N10O10S/c1-24(35(55)49-32(21-27-14-16-28(54)17-15-27)39(59)51-33(22-53)41(61)62)47-38(58)31(20-26-11-6-3-7-12-26)50-37(57)30(13-8-18-46-42(44)45)48-40(60)34(23-63)52-36(56)29(43)19-25-9-4-2-5-10-25/h2-7,9-12,14-17,24,29-34,53-54,63H,8,13,18-23,43H2,1H3,(H,47,58)(H,48,60)(H,49,55)(H,50,57)(H,51,59)(H,52,56)(H,61,62)(H4,44,45,46)/t24-,29-,30-,31-,32-,33-,34-/m0/s1. The van der Waals surface area contributed by atoms with Gasteiger partial charge in [0.25, 0.3) is 0 Å². The Kier molecular flexibility index (Phi) is 20.8. The van der Waals surface area contributed by atoms with Gasteiger partial charge in [0.1, 0.15) is 42.0 Å². The van der Waals surface area contributed by atoms with Crippen LogP contribution in [0.15, 0.2) is 84.9 Å². The maximum absolute atomic E-state index is 14.0. The summed E-state index contributed by atoms with van der Waals surface area (Å²) >= 11 is 4.24. The molecule has 0 unspecified atom stereocenters. The molecule has 63 heavy (non-hydrogen) atoms. The summed E-state index contributed by atoms with van der Waals surface area (Å²) in [4.78, 5) is 92.8. The molecule has 6 amide bonds. The minimum absolute atomic E-state index is 0.0133. The Balaban J connectivity index is 1.81. The molecule has 0 aromatic heterocycles. The fourth-order valence-electron chi connectivity index (χ4n) is 6.05. The van der Waals surface area contributed by atoms with Crippen molar-refractivity contribution in [2.24, 2.45) is 11.5 Å². The van der Waals surface area contributed by atoms with Crippen LogP contribution in [0.1, 0.15) is 36.5 Å². The Morgan fingerprint density at radius 1 is 0.619 bits per heavy atom. The maximum atomic E-state index is 14.0. The zero-order chi connectivity index (χ0) is 46.5. The highest BCUT2D eigenvalue weighted by molar-refractivity contribution is 7.80. The average molecular weight is 893 g/mol. The summed E-state index contributed by atoms with van der Waals surface area (Å²) in [5.74, 6) is -6.89. The van der Waals surface area contributed by atoms with Gasteiger partial charge in [-0.1, -0.05) is 72.8 Å². The fourth-order valence-corrected chi connectivity index (χ4v) is 6.30. The van der Waals surface area contributed by atoms with Crippen LogP contribution < -0.4 is 48.7 Å². The first-order chi connectivity index (χ1) is 30.0. The first-order valence-electron chi connectivity index (χ1n) is 20.0. The van der Waals surface area contributed by atoms with Gasteiger partial charge < -0.3 is 64.0 Å². The Bertz CT molecular complexity index is 2010. The van der Waals surface area contributed by atoms with E-state index in [2.05, 4.69) is 49.8 Å².